The summed E-state index contributed by atoms with van der Waals surface area (Å²) < 4.78 is 10.9. The van der Waals surface area contributed by atoms with Crippen LogP contribution in [0.4, 0.5) is 0 Å². The van der Waals surface area contributed by atoms with Crippen LogP contribution in [0.15, 0.2) is 77.4 Å². The normalized spacial score (nSPS) is 11.2. The lowest BCUT2D eigenvalue weighted by Crippen LogP contribution is -2.28. The summed E-state index contributed by atoms with van der Waals surface area (Å²) >= 11 is 5.84. The number of benzene rings is 2. The Bertz CT molecular complexity index is 856. The Balaban J connectivity index is 1.62. The van der Waals surface area contributed by atoms with E-state index in [1.165, 1.54) is 0 Å². The monoisotopic (exact) mass is 367 g/mol. The van der Waals surface area contributed by atoms with Gasteiger partial charge in [0.25, 0.3) is 5.91 Å². The van der Waals surface area contributed by atoms with E-state index in [1.807, 2.05) is 30.3 Å². The van der Waals surface area contributed by atoms with Crippen molar-refractivity contribution in [1.29, 1.82) is 0 Å². The van der Waals surface area contributed by atoms with Gasteiger partial charge in [0.1, 0.15) is 18.1 Å². The molecule has 1 N–H and O–H groups in total. The lowest BCUT2D eigenvalue weighted by atomic mass is 10.0. The molecule has 3 aromatic rings. The number of carbonyl (C=O) groups excluding carboxylic acids is 1. The van der Waals surface area contributed by atoms with Crippen LogP contribution in [0.3, 0.4) is 0 Å². The molecule has 0 aliphatic rings. The SMILES string of the molecule is O=C(NCCOc1ccc(Cl)cc1)/C(=C/c1ccco1)c1ccccc1. The minimum Gasteiger partial charge on any atom is -0.492 e. The first-order valence-corrected chi connectivity index (χ1v) is 8.57. The van der Waals surface area contributed by atoms with Crippen LogP contribution in [0, 0.1) is 0 Å². The predicted molar refractivity (Wildman–Crippen MR) is 103 cm³/mol. The van der Waals surface area contributed by atoms with Crippen molar-refractivity contribution in [3.63, 3.8) is 0 Å². The van der Waals surface area contributed by atoms with E-state index in [0.717, 1.165) is 5.56 Å². The second-order valence-electron chi connectivity index (χ2n) is 5.50. The number of rotatable bonds is 7. The van der Waals surface area contributed by atoms with E-state index in [2.05, 4.69) is 5.32 Å². The molecule has 3 rings (SSSR count). The number of nitrogens with one attached hydrogen (secondary N) is 1. The summed E-state index contributed by atoms with van der Waals surface area (Å²) in [6, 6.07) is 20.1. The van der Waals surface area contributed by atoms with Crippen LogP contribution in [0.2, 0.25) is 5.02 Å². The predicted octanol–water partition coefficient (Wildman–Crippen LogP) is 4.67. The third kappa shape index (κ3) is 5.01. The second-order valence-corrected chi connectivity index (χ2v) is 5.93. The number of carbonyl (C=O) groups is 1. The fraction of sp³-hybridized carbons (Fsp3) is 0.0952. The fourth-order valence-corrected chi connectivity index (χ4v) is 2.50. The van der Waals surface area contributed by atoms with E-state index in [0.29, 0.717) is 35.3 Å². The van der Waals surface area contributed by atoms with Gasteiger partial charge in [-0.05, 0) is 48.0 Å². The van der Waals surface area contributed by atoms with Crippen molar-refractivity contribution < 1.29 is 13.9 Å². The quantitative estimate of drug-likeness (QED) is 0.487. The van der Waals surface area contributed by atoms with Crippen molar-refractivity contribution in [3.8, 4) is 5.75 Å². The van der Waals surface area contributed by atoms with Crippen LogP contribution < -0.4 is 10.1 Å². The number of hydrogen-bond donors (Lipinski definition) is 1. The summed E-state index contributed by atoms with van der Waals surface area (Å²) in [5.41, 5.74) is 1.35. The molecule has 0 fully saturated rings. The van der Waals surface area contributed by atoms with Gasteiger partial charge in [0.2, 0.25) is 0 Å². The van der Waals surface area contributed by atoms with E-state index < -0.39 is 0 Å². The lowest BCUT2D eigenvalue weighted by molar-refractivity contribution is -0.115. The van der Waals surface area contributed by atoms with Gasteiger partial charge in [0, 0.05) is 5.02 Å². The average Bonchev–Trinajstić information content (AvgIpc) is 3.18. The second kappa shape index (κ2) is 8.92. The molecule has 0 saturated heterocycles. The molecule has 0 unspecified atom stereocenters. The van der Waals surface area contributed by atoms with Crippen molar-refractivity contribution in [2.24, 2.45) is 0 Å². The lowest BCUT2D eigenvalue weighted by Gasteiger charge is -2.10. The molecule has 0 aliphatic heterocycles. The van der Waals surface area contributed by atoms with Crippen molar-refractivity contribution >= 4 is 29.2 Å². The number of ether oxygens (including phenoxy) is 1. The maximum absolute atomic E-state index is 12.6. The van der Waals surface area contributed by atoms with E-state index in [9.17, 15) is 4.79 Å². The Hall–Kier alpha value is -2.98. The van der Waals surface area contributed by atoms with Crippen LogP contribution in [-0.2, 0) is 4.79 Å². The summed E-state index contributed by atoms with van der Waals surface area (Å²) in [7, 11) is 0. The number of furan rings is 1. The minimum absolute atomic E-state index is 0.188. The van der Waals surface area contributed by atoms with E-state index in [-0.39, 0.29) is 5.91 Å². The van der Waals surface area contributed by atoms with Gasteiger partial charge in [-0.1, -0.05) is 41.9 Å². The highest BCUT2D eigenvalue weighted by Crippen LogP contribution is 2.19. The summed E-state index contributed by atoms with van der Waals surface area (Å²) in [5.74, 6) is 1.14. The van der Waals surface area contributed by atoms with Gasteiger partial charge in [0.15, 0.2) is 0 Å². The molecular formula is C21H18ClNO3. The Labute approximate surface area is 157 Å². The molecule has 132 valence electrons. The van der Waals surface area contributed by atoms with Crippen LogP contribution in [0.1, 0.15) is 11.3 Å². The van der Waals surface area contributed by atoms with Crippen molar-refractivity contribution in [1.82, 2.24) is 5.32 Å². The third-order valence-electron chi connectivity index (χ3n) is 3.63. The maximum Gasteiger partial charge on any atom is 0.252 e. The zero-order valence-electron chi connectivity index (χ0n) is 14.0. The van der Waals surface area contributed by atoms with Gasteiger partial charge in [-0.15, -0.1) is 0 Å². The highest BCUT2D eigenvalue weighted by molar-refractivity contribution is 6.30. The Kier molecular flexibility index (Phi) is 6.12. The van der Waals surface area contributed by atoms with Crippen molar-refractivity contribution in [2.45, 2.75) is 0 Å². The zero-order valence-corrected chi connectivity index (χ0v) is 14.8. The minimum atomic E-state index is -0.188. The van der Waals surface area contributed by atoms with E-state index in [4.69, 9.17) is 20.8 Å². The Morgan fingerprint density at radius 1 is 1.04 bits per heavy atom. The molecule has 26 heavy (non-hydrogen) atoms. The molecule has 1 heterocycles. The number of hydrogen-bond acceptors (Lipinski definition) is 3. The smallest absolute Gasteiger partial charge is 0.252 e. The fourth-order valence-electron chi connectivity index (χ4n) is 2.37. The van der Waals surface area contributed by atoms with Crippen LogP contribution in [0.25, 0.3) is 11.6 Å². The largest absolute Gasteiger partial charge is 0.492 e. The van der Waals surface area contributed by atoms with Gasteiger partial charge in [-0.25, -0.2) is 0 Å². The first-order valence-electron chi connectivity index (χ1n) is 8.19. The topological polar surface area (TPSA) is 51.5 Å². The molecule has 4 nitrogen and oxygen atoms in total. The molecule has 0 aliphatic carbocycles. The van der Waals surface area contributed by atoms with E-state index in [1.54, 1.807) is 48.7 Å². The molecule has 5 heteroatoms. The summed E-state index contributed by atoms with van der Waals surface area (Å²) in [5, 5.41) is 3.53. The first-order chi connectivity index (χ1) is 12.7. The highest BCUT2D eigenvalue weighted by atomic mass is 35.5. The molecule has 0 saturated carbocycles. The van der Waals surface area contributed by atoms with Gasteiger partial charge in [-0.2, -0.15) is 0 Å². The molecule has 0 bridgehead atoms. The first kappa shape index (κ1) is 17.8. The Morgan fingerprint density at radius 2 is 1.81 bits per heavy atom. The molecule has 1 aromatic heterocycles. The van der Waals surface area contributed by atoms with Crippen molar-refractivity contribution in [2.75, 3.05) is 13.2 Å². The molecule has 0 spiro atoms. The van der Waals surface area contributed by atoms with Gasteiger partial charge < -0.3 is 14.5 Å². The molecule has 0 radical (unpaired) electrons. The van der Waals surface area contributed by atoms with Crippen LogP contribution in [0.5, 0.6) is 5.75 Å². The van der Waals surface area contributed by atoms with Gasteiger partial charge in [0.05, 0.1) is 18.4 Å². The molecule has 0 atom stereocenters. The van der Waals surface area contributed by atoms with Gasteiger partial charge in [-0.3, -0.25) is 4.79 Å². The Morgan fingerprint density at radius 3 is 2.50 bits per heavy atom. The summed E-state index contributed by atoms with van der Waals surface area (Å²) in [6.45, 7) is 0.736. The van der Waals surface area contributed by atoms with Gasteiger partial charge >= 0.3 is 0 Å². The average molecular weight is 368 g/mol. The van der Waals surface area contributed by atoms with Crippen LogP contribution >= 0.6 is 11.6 Å². The standard InChI is InChI=1S/C21H18ClNO3/c22-17-8-10-18(11-9-17)26-14-12-23-21(24)20(15-19-7-4-13-25-19)16-5-2-1-3-6-16/h1-11,13,15H,12,14H2,(H,23,24)/b20-15+. The third-order valence-corrected chi connectivity index (χ3v) is 3.88. The maximum atomic E-state index is 12.6. The summed E-state index contributed by atoms with van der Waals surface area (Å²) in [4.78, 5) is 12.6. The zero-order chi connectivity index (χ0) is 18.2. The molecule has 2 aromatic carbocycles. The van der Waals surface area contributed by atoms with Crippen LogP contribution in [-0.4, -0.2) is 19.1 Å². The number of halogens is 1. The highest BCUT2D eigenvalue weighted by Gasteiger charge is 2.12. The van der Waals surface area contributed by atoms with E-state index >= 15 is 0 Å². The molecule has 1 amide bonds. The molecular weight excluding hydrogens is 350 g/mol. The van der Waals surface area contributed by atoms with Crippen molar-refractivity contribution in [3.05, 3.63) is 89.3 Å². The number of amides is 1. The summed E-state index contributed by atoms with van der Waals surface area (Å²) in [6.07, 6.45) is 3.30.